The third-order valence-corrected chi connectivity index (χ3v) is 3.37. The van der Waals surface area contributed by atoms with Gasteiger partial charge in [0.15, 0.2) is 0 Å². The van der Waals surface area contributed by atoms with E-state index in [0.29, 0.717) is 6.42 Å². The molecule has 0 bridgehead atoms. The van der Waals surface area contributed by atoms with E-state index in [1.807, 2.05) is 12.3 Å². The monoisotopic (exact) mass is 240 g/mol. The summed E-state index contributed by atoms with van der Waals surface area (Å²) in [5.74, 6) is -0.617. The van der Waals surface area contributed by atoms with Crippen LogP contribution in [0.1, 0.15) is 19.4 Å². The van der Waals surface area contributed by atoms with E-state index in [9.17, 15) is 9.90 Å². The summed E-state index contributed by atoms with van der Waals surface area (Å²) in [6, 6.07) is 5.21. The van der Waals surface area contributed by atoms with Crippen LogP contribution in [0.5, 0.6) is 5.75 Å². The Balaban J connectivity index is 3.06. The standard InChI is InChI=1S/C12H16O3S/c1-12(2,11(14)15)7-8-5-4-6-9(13)10(8)16-3/h4-6,13H,7H2,1-3H3,(H,14,15). The van der Waals surface area contributed by atoms with Crippen molar-refractivity contribution in [3.63, 3.8) is 0 Å². The summed E-state index contributed by atoms with van der Waals surface area (Å²) < 4.78 is 0. The summed E-state index contributed by atoms with van der Waals surface area (Å²) in [6.45, 7) is 3.37. The maximum absolute atomic E-state index is 11.0. The fourth-order valence-electron chi connectivity index (χ4n) is 1.50. The number of carboxylic acids is 1. The van der Waals surface area contributed by atoms with Gasteiger partial charge in [-0.3, -0.25) is 4.79 Å². The minimum absolute atomic E-state index is 0.214. The van der Waals surface area contributed by atoms with E-state index in [1.54, 1.807) is 26.0 Å². The SMILES string of the molecule is CSc1c(O)cccc1CC(C)(C)C(=O)O. The normalized spacial score (nSPS) is 11.4. The van der Waals surface area contributed by atoms with Crippen LogP contribution < -0.4 is 0 Å². The number of carboxylic acid groups (broad SMARTS) is 1. The van der Waals surface area contributed by atoms with Gasteiger partial charge in [0.1, 0.15) is 5.75 Å². The predicted molar refractivity (Wildman–Crippen MR) is 65.0 cm³/mol. The highest BCUT2D eigenvalue weighted by molar-refractivity contribution is 7.98. The molecule has 0 fully saturated rings. The van der Waals surface area contributed by atoms with Crippen molar-refractivity contribution in [2.24, 2.45) is 5.41 Å². The van der Waals surface area contributed by atoms with Crippen LogP contribution >= 0.6 is 11.8 Å². The minimum Gasteiger partial charge on any atom is -0.507 e. The summed E-state index contributed by atoms with van der Waals surface area (Å²) >= 11 is 1.43. The number of carbonyl (C=O) groups is 1. The zero-order valence-corrected chi connectivity index (χ0v) is 10.5. The van der Waals surface area contributed by atoms with Gasteiger partial charge in [0.2, 0.25) is 0 Å². The Labute approximate surface area is 99.5 Å². The van der Waals surface area contributed by atoms with Crippen LogP contribution in [0.15, 0.2) is 23.1 Å². The molecule has 1 aromatic carbocycles. The number of aromatic hydroxyl groups is 1. The molecule has 0 unspecified atom stereocenters. The van der Waals surface area contributed by atoms with Crippen LogP contribution in [0.2, 0.25) is 0 Å². The molecule has 0 amide bonds. The molecule has 1 rings (SSSR count). The molecule has 1 aromatic rings. The Bertz CT molecular complexity index is 399. The molecule has 0 aliphatic carbocycles. The number of aliphatic carboxylic acids is 1. The van der Waals surface area contributed by atoms with Gasteiger partial charge < -0.3 is 10.2 Å². The minimum atomic E-state index is -0.831. The molecule has 2 N–H and O–H groups in total. The highest BCUT2D eigenvalue weighted by Crippen LogP contribution is 2.34. The van der Waals surface area contributed by atoms with Crippen molar-refractivity contribution in [1.29, 1.82) is 0 Å². The molecule has 0 spiro atoms. The lowest BCUT2D eigenvalue weighted by atomic mass is 9.86. The number of thioether (sulfide) groups is 1. The van der Waals surface area contributed by atoms with Gasteiger partial charge in [0.25, 0.3) is 0 Å². The van der Waals surface area contributed by atoms with E-state index in [2.05, 4.69) is 0 Å². The highest BCUT2D eigenvalue weighted by atomic mass is 32.2. The van der Waals surface area contributed by atoms with E-state index in [4.69, 9.17) is 5.11 Å². The molecule has 0 aromatic heterocycles. The van der Waals surface area contributed by atoms with Gasteiger partial charge in [-0.15, -0.1) is 11.8 Å². The summed E-state index contributed by atoms with van der Waals surface area (Å²) in [5.41, 5.74) is 0.0538. The average molecular weight is 240 g/mol. The summed E-state index contributed by atoms with van der Waals surface area (Å²) in [7, 11) is 0. The number of rotatable bonds is 4. The van der Waals surface area contributed by atoms with E-state index in [1.165, 1.54) is 11.8 Å². The van der Waals surface area contributed by atoms with Crippen LogP contribution in [-0.4, -0.2) is 22.4 Å². The molecule has 4 heteroatoms. The smallest absolute Gasteiger partial charge is 0.309 e. The first-order valence-electron chi connectivity index (χ1n) is 4.96. The van der Waals surface area contributed by atoms with E-state index < -0.39 is 11.4 Å². The lowest BCUT2D eigenvalue weighted by molar-refractivity contribution is -0.146. The van der Waals surface area contributed by atoms with Gasteiger partial charge in [-0.05, 0) is 38.2 Å². The second-order valence-corrected chi connectivity index (χ2v) is 5.15. The van der Waals surface area contributed by atoms with Crippen LogP contribution in [0.25, 0.3) is 0 Å². The number of phenolic OH excluding ortho intramolecular Hbond substituents is 1. The van der Waals surface area contributed by atoms with Crippen LogP contribution in [0.4, 0.5) is 0 Å². The van der Waals surface area contributed by atoms with Crippen molar-refractivity contribution >= 4 is 17.7 Å². The fourth-order valence-corrected chi connectivity index (χ4v) is 2.18. The van der Waals surface area contributed by atoms with E-state index in [-0.39, 0.29) is 5.75 Å². The predicted octanol–water partition coefficient (Wildman–Crippen LogP) is 2.77. The summed E-state index contributed by atoms with van der Waals surface area (Å²) in [6.07, 6.45) is 2.28. The lowest BCUT2D eigenvalue weighted by Gasteiger charge is -2.20. The van der Waals surface area contributed by atoms with Gasteiger partial charge in [0.05, 0.1) is 10.3 Å². The third-order valence-electron chi connectivity index (χ3n) is 2.49. The van der Waals surface area contributed by atoms with Crippen LogP contribution in [0, 0.1) is 5.41 Å². The second kappa shape index (κ2) is 4.78. The van der Waals surface area contributed by atoms with Crippen LogP contribution in [0.3, 0.4) is 0 Å². The second-order valence-electron chi connectivity index (χ2n) is 4.34. The number of phenols is 1. The Morgan fingerprint density at radius 2 is 2.06 bits per heavy atom. The lowest BCUT2D eigenvalue weighted by Crippen LogP contribution is -2.26. The molecule has 16 heavy (non-hydrogen) atoms. The largest absolute Gasteiger partial charge is 0.507 e. The van der Waals surface area contributed by atoms with Crippen molar-refractivity contribution in [2.75, 3.05) is 6.26 Å². The number of benzene rings is 1. The van der Waals surface area contributed by atoms with Crippen molar-refractivity contribution in [3.8, 4) is 5.75 Å². The Kier molecular flexibility index (Phi) is 3.86. The maximum Gasteiger partial charge on any atom is 0.309 e. The van der Waals surface area contributed by atoms with Gasteiger partial charge in [0, 0.05) is 0 Å². The van der Waals surface area contributed by atoms with Gasteiger partial charge >= 0.3 is 5.97 Å². The molecule has 0 saturated heterocycles. The quantitative estimate of drug-likeness (QED) is 0.794. The summed E-state index contributed by atoms with van der Waals surface area (Å²) in [4.78, 5) is 11.8. The molecule has 0 aliphatic heterocycles. The Morgan fingerprint density at radius 1 is 1.44 bits per heavy atom. The first-order chi connectivity index (χ1) is 7.38. The Morgan fingerprint density at radius 3 is 2.56 bits per heavy atom. The van der Waals surface area contributed by atoms with Crippen molar-refractivity contribution in [1.82, 2.24) is 0 Å². The molecule has 0 aliphatic rings. The average Bonchev–Trinajstić information content (AvgIpc) is 2.17. The zero-order chi connectivity index (χ0) is 12.3. The fraction of sp³-hybridized carbons (Fsp3) is 0.417. The first-order valence-corrected chi connectivity index (χ1v) is 6.19. The maximum atomic E-state index is 11.0. The first kappa shape index (κ1) is 12.9. The Hall–Kier alpha value is -1.16. The van der Waals surface area contributed by atoms with Crippen molar-refractivity contribution in [2.45, 2.75) is 25.2 Å². The topological polar surface area (TPSA) is 57.5 Å². The van der Waals surface area contributed by atoms with Crippen molar-refractivity contribution in [3.05, 3.63) is 23.8 Å². The zero-order valence-electron chi connectivity index (χ0n) is 9.65. The molecular weight excluding hydrogens is 224 g/mol. The van der Waals surface area contributed by atoms with Gasteiger partial charge in [-0.2, -0.15) is 0 Å². The molecule has 0 saturated carbocycles. The highest BCUT2D eigenvalue weighted by Gasteiger charge is 2.28. The van der Waals surface area contributed by atoms with E-state index >= 15 is 0 Å². The van der Waals surface area contributed by atoms with E-state index in [0.717, 1.165) is 10.5 Å². The van der Waals surface area contributed by atoms with Crippen LogP contribution in [-0.2, 0) is 11.2 Å². The van der Waals surface area contributed by atoms with Crippen molar-refractivity contribution < 1.29 is 15.0 Å². The number of hydrogen-bond donors (Lipinski definition) is 2. The molecule has 0 atom stereocenters. The molecule has 88 valence electrons. The molecule has 0 heterocycles. The number of hydrogen-bond acceptors (Lipinski definition) is 3. The van der Waals surface area contributed by atoms with Gasteiger partial charge in [-0.1, -0.05) is 12.1 Å². The molecular formula is C12H16O3S. The summed E-state index contributed by atoms with van der Waals surface area (Å²) in [5, 5.41) is 18.7. The molecule has 0 radical (unpaired) electrons. The van der Waals surface area contributed by atoms with Gasteiger partial charge in [-0.25, -0.2) is 0 Å². The molecule has 3 nitrogen and oxygen atoms in total. The third kappa shape index (κ3) is 2.70.